The summed E-state index contributed by atoms with van der Waals surface area (Å²) in [5, 5.41) is 50.1. The molecule has 33 nitrogen and oxygen atoms in total. The highest BCUT2D eigenvalue weighted by Crippen LogP contribution is 2.27. The van der Waals surface area contributed by atoms with Crippen LogP contribution in [0.4, 0.5) is 0 Å². The van der Waals surface area contributed by atoms with Crippen molar-refractivity contribution in [2.75, 3.05) is 69.8 Å². The third kappa shape index (κ3) is 27.4. The molecule has 544 valence electrons. The number of benzene rings is 1. The lowest BCUT2D eigenvalue weighted by molar-refractivity contribution is -0.142. The van der Waals surface area contributed by atoms with Crippen molar-refractivity contribution in [2.24, 2.45) is 29.0 Å². The van der Waals surface area contributed by atoms with E-state index in [0.717, 1.165) is 61.0 Å². The molecule has 0 aliphatic carbocycles. The van der Waals surface area contributed by atoms with Crippen LogP contribution < -0.4 is 75.7 Å². The summed E-state index contributed by atoms with van der Waals surface area (Å²) in [5.41, 5.74) is 18.6. The van der Waals surface area contributed by atoms with Gasteiger partial charge in [-0.1, -0.05) is 89.4 Å². The lowest BCUT2D eigenvalue weighted by Gasteiger charge is -2.31. The second kappa shape index (κ2) is 41.2. The zero-order valence-electron chi connectivity index (χ0n) is 55.9. The number of carbonyl (C=O) groups excluding carboxylic acids is 13. The number of aromatic amines is 1. The number of aliphatic hydroxyl groups is 1. The van der Waals surface area contributed by atoms with Crippen molar-refractivity contribution in [3.63, 3.8) is 0 Å². The molecule has 4 heterocycles. The Morgan fingerprint density at radius 2 is 1.35 bits per heavy atom. The Balaban J connectivity index is 1.59. The number of nitrogens with zero attached hydrogens (tertiary/aromatic N) is 3. The molecule has 98 heavy (non-hydrogen) atoms. The van der Waals surface area contributed by atoms with Gasteiger partial charge in [0.15, 0.2) is 0 Å². The second-order valence-electron chi connectivity index (χ2n) is 25.2. The molecule has 2 bridgehead atoms. The van der Waals surface area contributed by atoms with E-state index in [9.17, 15) is 67.7 Å². The summed E-state index contributed by atoms with van der Waals surface area (Å²) in [7, 11) is 7.54. The third-order valence-electron chi connectivity index (χ3n) is 15.9. The van der Waals surface area contributed by atoms with Crippen molar-refractivity contribution in [2.45, 2.75) is 164 Å². The second-order valence-corrected chi connectivity index (χ2v) is 30.3. The van der Waals surface area contributed by atoms with Crippen molar-refractivity contribution in [3.05, 3.63) is 48.0 Å². The van der Waals surface area contributed by atoms with E-state index in [1.54, 1.807) is 27.7 Å². The van der Waals surface area contributed by atoms with Crippen LogP contribution in [0.5, 0.6) is 5.75 Å². The molecule has 20 N–H and O–H groups in total. The number of hydrogen-bond acceptors (Lipinski definition) is 23. The topological polar surface area (TPSA) is 508 Å². The number of aromatic nitrogens is 2. The van der Waals surface area contributed by atoms with Crippen LogP contribution in [0.1, 0.15) is 90.3 Å². The van der Waals surface area contributed by atoms with Gasteiger partial charge in [0, 0.05) is 60.7 Å². The first kappa shape index (κ1) is 81.3. The molecule has 1 aromatic heterocycles. The van der Waals surface area contributed by atoms with Gasteiger partial charge >= 0.3 is 0 Å². The first-order valence-corrected chi connectivity index (χ1v) is 37.4. The monoisotopic (exact) mass is 1450 g/mol. The highest BCUT2D eigenvalue weighted by atomic mass is 33.1. The Morgan fingerprint density at radius 1 is 0.714 bits per heavy atom. The van der Waals surface area contributed by atoms with E-state index in [-0.39, 0.29) is 73.3 Å². The van der Waals surface area contributed by atoms with E-state index in [0.29, 0.717) is 36.9 Å². The van der Waals surface area contributed by atoms with Gasteiger partial charge in [0.1, 0.15) is 66.2 Å². The SMILES string of the molecule is CC(C)C[C@@H]1NC(=O)[C@H](CCCCN)NC(=O)[C@H](Cc2ccc(O)cc2)NC(=O)CNC(=O)[C@@H]2CSSC[C@H](NC1=O)C(=O)N[C@@H](Cc1cnc[nH]1)C(=O)N1C[C@H](O)C[C@H]1C(=O)N[C@H](C(N)=O)CSSC[C@H](NC(=O)[C@@H](NC(=O)CNC(=O)[C@@H](N)CCCCN(C)C)C(C)C)C(=O)N2. The highest BCUT2D eigenvalue weighted by Gasteiger charge is 2.44. The zero-order valence-corrected chi connectivity index (χ0v) is 59.2. The number of unbranched alkanes of at least 4 members (excludes halogenated alkanes) is 2. The summed E-state index contributed by atoms with van der Waals surface area (Å²) >= 11 is 0. The number of carbonyl (C=O) groups is 13. The number of phenols is 1. The minimum Gasteiger partial charge on any atom is -0.508 e. The molecule has 13 amide bonds. The maximum atomic E-state index is 15.0. The number of amides is 13. The van der Waals surface area contributed by atoms with E-state index in [4.69, 9.17) is 17.2 Å². The first-order valence-electron chi connectivity index (χ1n) is 32.4. The molecule has 3 saturated heterocycles. The number of fused-ring (bicyclic) bond motifs is 6. The molecular formula is C61H96N18O15S4. The average Bonchev–Trinajstić information content (AvgIpc) is 1.64. The Labute approximate surface area is 584 Å². The lowest BCUT2D eigenvalue weighted by Crippen LogP contribution is -2.61. The molecule has 0 spiro atoms. The van der Waals surface area contributed by atoms with Crippen molar-refractivity contribution in [1.29, 1.82) is 0 Å². The fourth-order valence-corrected chi connectivity index (χ4v) is 15.1. The van der Waals surface area contributed by atoms with Crippen LogP contribution in [-0.4, -0.2) is 249 Å². The van der Waals surface area contributed by atoms with Gasteiger partial charge in [-0.3, -0.25) is 62.3 Å². The van der Waals surface area contributed by atoms with E-state index in [1.807, 2.05) is 19.0 Å². The fourth-order valence-electron chi connectivity index (χ4n) is 10.5. The quantitative estimate of drug-likeness (QED) is 0.0369. The summed E-state index contributed by atoms with van der Waals surface area (Å²) in [5.74, 6) is -13.7. The number of hydrogen-bond donors (Lipinski definition) is 17. The molecular weight excluding hydrogens is 1350 g/mol. The number of aromatic hydroxyl groups is 1. The molecule has 3 aliphatic rings. The number of phenolic OH excluding ortho intramolecular Hbond substituents is 1. The summed E-state index contributed by atoms with van der Waals surface area (Å²) in [4.78, 5) is 195. The third-order valence-corrected chi connectivity index (χ3v) is 20.7. The molecule has 37 heteroatoms. The average molecular weight is 1450 g/mol. The predicted molar refractivity (Wildman–Crippen MR) is 370 cm³/mol. The van der Waals surface area contributed by atoms with Gasteiger partial charge in [0.25, 0.3) is 0 Å². The molecule has 12 atom stereocenters. The van der Waals surface area contributed by atoms with E-state index >= 15 is 4.79 Å². The Hall–Kier alpha value is -7.42. The van der Waals surface area contributed by atoms with Gasteiger partial charge in [-0.2, -0.15) is 0 Å². The van der Waals surface area contributed by atoms with Crippen LogP contribution in [0.2, 0.25) is 0 Å². The van der Waals surface area contributed by atoms with E-state index in [1.165, 1.54) is 36.8 Å². The Bertz CT molecular complexity index is 3050. The molecule has 1 aromatic carbocycles. The molecule has 5 rings (SSSR count). The van der Waals surface area contributed by atoms with Gasteiger partial charge in [-0.15, -0.1) is 0 Å². The largest absolute Gasteiger partial charge is 0.508 e. The van der Waals surface area contributed by atoms with Crippen molar-refractivity contribution in [3.8, 4) is 5.75 Å². The van der Waals surface area contributed by atoms with Crippen molar-refractivity contribution < 1.29 is 72.5 Å². The van der Waals surface area contributed by atoms with Gasteiger partial charge < -0.3 is 101 Å². The van der Waals surface area contributed by atoms with Gasteiger partial charge in [0.05, 0.1) is 31.6 Å². The number of nitrogens with one attached hydrogen (secondary N) is 12. The maximum absolute atomic E-state index is 15.0. The summed E-state index contributed by atoms with van der Waals surface area (Å²) < 4.78 is 0. The van der Waals surface area contributed by atoms with Crippen molar-refractivity contribution >= 4 is 120 Å². The molecule has 0 unspecified atom stereocenters. The molecule has 3 fully saturated rings. The zero-order chi connectivity index (χ0) is 72.2. The Morgan fingerprint density at radius 3 is 1.99 bits per heavy atom. The predicted octanol–water partition coefficient (Wildman–Crippen LogP) is -4.38. The van der Waals surface area contributed by atoms with Gasteiger partial charge in [-0.05, 0) is 95.2 Å². The van der Waals surface area contributed by atoms with Crippen LogP contribution in [0.3, 0.4) is 0 Å². The smallest absolute Gasteiger partial charge is 0.246 e. The van der Waals surface area contributed by atoms with Crippen molar-refractivity contribution in [1.82, 2.24) is 78.3 Å². The van der Waals surface area contributed by atoms with Crippen LogP contribution in [0.15, 0.2) is 36.8 Å². The fraction of sp³-hybridized carbons (Fsp3) is 0.639. The molecule has 0 radical (unpaired) electrons. The minimum atomic E-state index is -1.59. The van der Waals surface area contributed by atoms with Crippen LogP contribution in [-0.2, 0) is 75.2 Å². The van der Waals surface area contributed by atoms with E-state index < -0.39 is 175 Å². The van der Waals surface area contributed by atoms with Gasteiger partial charge in [-0.25, -0.2) is 4.98 Å². The number of imidazole rings is 1. The lowest BCUT2D eigenvalue weighted by atomic mass is 10.0. The number of aliphatic hydroxyl groups excluding tert-OH is 1. The highest BCUT2D eigenvalue weighted by molar-refractivity contribution is 8.77. The van der Waals surface area contributed by atoms with Crippen LogP contribution in [0, 0.1) is 11.8 Å². The van der Waals surface area contributed by atoms with Crippen LogP contribution >= 0.6 is 43.2 Å². The van der Waals surface area contributed by atoms with E-state index in [2.05, 4.69) is 68.5 Å². The molecule has 2 aromatic rings. The van der Waals surface area contributed by atoms with Gasteiger partial charge in [0.2, 0.25) is 76.8 Å². The summed E-state index contributed by atoms with van der Waals surface area (Å²) in [6.07, 6.45) is 3.23. The first-order chi connectivity index (χ1) is 46.5. The summed E-state index contributed by atoms with van der Waals surface area (Å²) in [6, 6.07) is -9.81. The molecule has 0 saturated carbocycles. The minimum absolute atomic E-state index is 0.00663. The van der Waals surface area contributed by atoms with Crippen LogP contribution in [0.25, 0.3) is 0 Å². The number of H-pyrrole nitrogens is 1. The normalized spacial score (nSPS) is 24.9. The number of rotatable bonds is 23. The number of primary amides is 1. The standard InChI is InChI=1S/C61H96N18O15S4/c1-32(2)19-40-55(88)75-45-29-98-96-28-44(53(86)67-24-48(82)69-41(20-34-13-15-36(80)16-14-34)56(89)70-39(54(87)71-40)12-7-9-17-62)74-58(91)46(76-60(93)50(33(3)4)77-49(83)25-66-52(85)38(63)11-8-10-18-78(5)6)30-97-95-27-43(51(64)84)73-59(92)47-22-37(81)26-79(47)61(94)42(72-57(45)90)21-35-23-65-31-68-35/h13-16,23,31-33,37-47,50,80-81H,7-12,17-22,24-30,62-63H2,1-6H3,(H2,64,84)(H,65,68)(H,66,85)(H,67,86)(H,69,82)(H,70,89)(H,71,87)(H,72,90)(H,73,92)(H,74,91)(H,75,88)(H,76,93)(H,77,83)/t37-,38+,39+,40+,41+,42+,43+,44+,45+,46+,47+,50+/m1/s1. The number of nitrogens with two attached hydrogens (primary N) is 3. The summed E-state index contributed by atoms with van der Waals surface area (Å²) in [6.45, 7) is 6.04. The molecule has 3 aliphatic heterocycles. The Kier molecular flexibility index (Phi) is 34.2. The maximum Gasteiger partial charge on any atom is 0.246 e.